The largest absolute Gasteiger partial charge is 0.482 e. The first-order valence-corrected chi connectivity index (χ1v) is 8.86. The number of nitrogens with zero attached hydrogens (tertiary/aromatic N) is 2. The molecule has 0 fully saturated rings. The van der Waals surface area contributed by atoms with E-state index in [2.05, 4.69) is 5.32 Å². The summed E-state index contributed by atoms with van der Waals surface area (Å²) in [5.74, 6) is 0.103. The summed E-state index contributed by atoms with van der Waals surface area (Å²) in [4.78, 5) is 11.5. The van der Waals surface area contributed by atoms with E-state index in [0.29, 0.717) is 22.6 Å². The van der Waals surface area contributed by atoms with E-state index < -0.39 is 10.0 Å². The van der Waals surface area contributed by atoms with Gasteiger partial charge in [0, 0.05) is 13.6 Å². The van der Waals surface area contributed by atoms with Crippen LogP contribution in [0.15, 0.2) is 47.4 Å². The highest BCUT2D eigenvalue weighted by atomic mass is 32.2. The Balaban J connectivity index is 1.87. The van der Waals surface area contributed by atoms with Crippen molar-refractivity contribution in [1.29, 1.82) is 5.26 Å². The quantitative estimate of drug-likeness (QED) is 0.898. The average Bonchev–Trinajstić information content (AvgIpc) is 2.61. The molecule has 0 unspecified atom stereocenters. The van der Waals surface area contributed by atoms with Gasteiger partial charge in [-0.2, -0.15) is 9.57 Å². The number of rotatable bonds is 4. The van der Waals surface area contributed by atoms with Crippen LogP contribution in [0.4, 0.5) is 5.69 Å². The highest BCUT2D eigenvalue weighted by molar-refractivity contribution is 7.89. The maximum Gasteiger partial charge on any atom is 0.262 e. The van der Waals surface area contributed by atoms with Crippen LogP contribution in [-0.2, 0) is 21.4 Å². The number of amides is 1. The minimum Gasteiger partial charge on any atom is -0.482 e. The predicted octanol–water partition coefficient (Wildman–Crippen LogP) is 1.71. The van der Waals surface area contributed by atoms with Crippen molar-refractivity contribution in [1.82, 2.24) is 4.31 Å². The standard InChI is InChI=1S/C17H15N3O4S/c1-20(10-13-4-2-3-12(7-13)9-18)25(22,23)14-5-6-16-15(8-14)19-17(21)11-24-16/h2-8H,10-11H2,1H3,(H,19,21). The van der Waals surface area contributed by atoms with Gasteiger partial charge in [-0.25, -0.2) is 8.42 Å². The summed E-state index contributed by atoms with van der Waals surface area (Å²) in [6.45, 7) is 0.0338. The molecule has 1 N–H and O–H groups in total. The van der Waals surface area contributed by atoms with Gasteiger partial charge in [0.1, 0.15) is 5.75 Å². The number of carbonyl (C=O) groups excluding carboxylic acids is 1. The molecule has 25 heavy (non-hydrogen) atoms. The molecule has 8 heteroatoms. The fourth-order valence-corrected chi connectivity index (χ4v) is 3.67. The van der Waals surface area contributed by atoms with Crippen LogP contribution in [0.25, 0.3) is 0 Å². The molecule has 1 heterocycles. The molecular formula is C17H15N3O4S. The molecule has 1 amide bonds. The van der Waals surface area contributed by atoms with Crippen LogP contribution in [0.1, 0.15) is 11.1 Å². The number of carbonyl (C=O) groups is 1. The number of nitriles is 1. The summed E-state index contributed by atoms with van der Waals surface area (Å²) in [6, 6.07) is 13.1. The SMILES string of the molecule is CN(Cc1cccc(C#N)c1)S(=O)(=O)c1ccc2c(c1)NC(=O)CO2. The number of nitrogens with one attached hydrogen (secondary N) is 1. The predicted molar refractivity (Wildman–Crippen MR) is 90.4 cm³/mol. The molecule has 7 nitrogen and oxygen atoms in total. The van der Waals surface area contributed by atoms with E-state index >= 15 is 0 Å². The fourth-order valence-electron chi connectivity index (χ4n) is 2.48. The smallest absolute Gasteiger partial charge is 0.262 e. The maximum absolute atomic E-state index is 12.8. The summed E-state index contributed by atoms with van der Waals surface area (Å²) in [6.07, 6.45) is 0. The first kappa shape index (κ1) is 17.0. The maximum atomic E-state index is 12.8. The van der Waals surface area contributed by atoms with Gasteiger partial charge in [-0.1, -0.05) is 12.1 Å². The van der Waals surface area contributed by atoms with Gasteiger partial charge in [-0.15, -0.1) is 0 Å². The number of ether oxygens (including phenoxy) is 1. The second kappa shape index (κ2) is 6.55. The van der Waals surface area contributed by atoms with Gasteiger partial charge in [-0.3, -0.25) is 4.79 Å². The monoisotopic (exact) mass is 357 g/mol. The van der Waals surface area contributed by atoms with Gasteiger partial charge in [0.2, 0.25) is 10.0 Å². The zero-order valence-corrected chi connectivity index (χ0v) is 14.2. The number of anilines is 1. The van der Waals surface area contributed by atoms with E-state index in [1.807, 2.05) is 6.07 Å². The lowest BCUT2D eigenvalue weighted by Gasteiger charge is -2.21. The van der Waals surface area contributed by atoms with Crippen molar-refractivity contribution in [2.24, 2.45) is 0 Å². The highest BCUT2D eigenvalue weighted by Gasteiger charge is 2.24. The van der Waals surface area contributed by atoms with Gasteiger partial charge in [0.05, 0.1) is 22.2 Å². The molecule has 0 atom stereocenters. The topological polar surface area (TPSA) is 99.5 Å². The Labute approximate surface area is 145 Å². The zero-order chi connectivity index (χ0) is 18.0. The van der Waals surface area contributed by atoms with Crippen LogP contribution >= 0.6 is 0 Å². The number of fused-ring (bicyclic) bond motifs is 1. The third-order valence-electron chi connectivity index (χ3n) is 3.75. The molecule has 2 aromatic rings. The van der Waals surface area contributed by atoms with Crippen LogP contribution in [-0.4, -0.2) is 32.3 Å². The second-order valence-corrected chi connectivity index (χ2v) is 7.61. The molecule has 0 saturated heterocycles. The first-order chi connectivity index (χ1) is 11.9. The number of benzene rings is 2. The fraction of sp³-hybridized carbons (Fsp3) is 0.176. The molecule has 0 aromatic heterocycles. The number of hydrogen-bond donors (Lipinski definition) is 1. The number of hydrogen-bond acceptors (Lipinski definition) is 5. The van der Waals surface area contributed by atoms with Crippen molar-refractivity contribution in [2.45, 2.75) is 11.4 Å². The Morgan fingerprint density at radius 3 is 2.84 bits per heavy atom. The van der Waals surface area contributed by atoms with E-state index in [4.69, 9.17) is 10.00 Å². The third kappa shape index (κ3) is 3.47. The molecule has 0 aliphatic carbocycles. The zero-order valence-electron chi connectivity index (χ0n) is 13.4. The van der Waals surface area contributed by atoms with E-state index in [0.717, 1.165) is 0 Å². The van der Waals surface area contributed by atoms with Crippen molar-refractivity contribution in [3.63, 3.8) is 0 Å². The van der Waals surface area contributed by atoms with Crippen molar-refractivity contribution < 1.29 is 17.9 Å². The van der Waals surface area contributed by atoms with Crippen LogP contribution < -0.4 is 10.1 Å². The lowest BCUT2D eigenvalue weighted by molar-refractivity contribution is -0.118. The molecule has 2 aromatic carbocycles. The molecule has 0 radical (unpaired) electrons. The van der Waals surface area contributed by atoms with E-state index in [9.17, 15) is 13.2 Å². The van der Waals surface area contributed by atoms with Crippen molar-refractivity contribution in [2.75, 3.05) is 19.0 Å². The average molecular weight is 357 g/mol. The Morgan fingerprint density at radius 2 is 2.08 bits per heavy atom. The summed E-state index contributed by atoms with van der Waals surface area (Å²) >= 11 is 0. The van der Waals surface area contributed by atoms with Gasteiger partial charge >= 0.3 is 0 Å². The third-order valence-corrected chi connectivity index (χ3v) is 5.55. The van der Waals surface area contributed by atoms with Gasteiger partial charge < -0.3 is 10.1 Å². The second-order valence-electron chi connectivity index (χ2n) is 5.57. The van der Waals surface area contributed by atoms with E-state index in [1.165, 1.54) is 29.6 Å². The van der Waals surface area contributed by atoms with Crippen LogP contribution in [0.3, 0.4) is 0 Å². The number of sulfonamides is 1. The molecule has 0 saturated carbocycles. The molecule has 1 aliphatic heterocycles. The lowest BCUT2D eigenvalue weighted by Crippen LogP contribution is -2.28. The first-order valence-electron chi connectivity index (χ1n) is 7.42. The Kier molecular flexibility index (Phi) is 4.44. The molecule has 0 bridgehead atoms. The Morgan fingerprint density at radius 1 is 1.28 bits per heavy atom. The van der Waals surface area contributed by atoms with Crippen molar-refractivity contribution >= 4 is 21.6 Å². The molecule has 128 valence electrons. The van der Waals surface area contributed by atoms with E-state index in [1.54, 1.807) is 24.3 Å². The van der Waals surface area contributed by atoms with Crippen LogP contribution in [0.2, 0.25) is 0 Å². The molecule has 3 rings (SSSR count). The normalized spacial score (nSPS) is 13.6. The van der Waals surface area contributed by atoms with Crippen LogP contribution in [0, 0.1) is 11.3 Å². The molecule has 0 spiro atoms. The summed E-state index contributed by atoms with van der Waals surface area (Å²) in [7, 11) is -2.30. The van der Waals surface area contributed by atoms with Gasteiger partial charge in [0.15, 0.2) is 6.61 Å². The highest BCUT2D eigenvalue weighted by Crippen LogP contribution is 2.31. The van der Waals surface area contributed by atoms with Crippen LogP contribution in [0.5, 0.6) is 5.75 Å². The Bertz CT molecular complexity index is 980. The minimum absolute atomic E-state index is 0.0518. The summed E-state index contributed by atoms with van der Waals surface area (Å²) < 4.78 is 32.0. The van der Waals surface area contributed by atoms with Crippen molar-refractivity contribution in [3.05, 3.63) is 53.6 Å². The Hall–Kier alpha value is -2.89. The minimum atomic E-state index is -3.76. The van der Waals surface area contributed by atoms with Gasteiger partial charge in [0.25, 0.3) is 5.91 Å². The van der Waals surface area contributed by atoms with E-state index in [-0.39, 0.29) is 24.0 Å². The van der Waals surface area contributed by atoms with Gasteiger partial charge in [-0.05, 0) is 35.9 Å². The molecular weight excluding hydrogens is 342 g/mol. The van der Waals surface area contributed by atoms with Crippen molar-refractivity contribution in [3.8, 4) is 11.8 Å². The lowest BCUT2D eigenvalue weighted by atomic mass is 10.1. The summed E-state index contributed by atoms with van der Waals surface area (Å²) in [5.41, 5.74) is 1.51. The summed E-state index contributed by atoms with van der Waals surface area (Å²) in [5, 5.41) is 11.5. The molecule has 1 aliphatic rings.